The first kappa shape index (κ1) is 11.0. The summed E-state index contributed by atoms with van der Waals surface area (Å²) < 4.78 is 13.4. The maximum Gasteiger partial charge on any atom is 0.126 e. The van der Waals surface area contributed by atoms with Gasteiger partial charge in [-0.1, -0.05) is 0 Å². The Labute approximate surface area is 83.6 Å². The molecular weight excluding hydrogens is 181 g/mol. The van der Waals surface area contributed by atoms with E-state index in [4.69, 9.17) is 5.73 Å². The van der Waals surface area contributed by atoms with Crippen LogP contribution < -0.4 is 5.73 Å². The molecule has 0 spiro atoms. The van der Waals surface area contributed by atoms with Crippen LogP contribution in [0.15, 0.2) is 12.1 Å². The number of rotatable bonds is 2. The van der Waals surface area contributed by atoms with Gasteiger partial charge in [-0.25, -0.2) is 4.39 Å². The Morgan fingerprint density at radius 1 is 1.43 bits per heavy atom. The second-order valence-electron chi connectivity index (χ2n) is 4.40. The first-order valence-corrected chi connectivity index (χ1v) is 4.56. The normalized spacial score (nSPS) is 11.8. The van der Waals surface area contributed by atoms with E-state index in [0.717, 1.165) is 0 Å². The number of nitrogens with two attached hydrogens (primary N) is 1. The van der Waals surface area contributed by atoms with Crippen molar-refractivity contribution in [2.24, 2.45) is 5.73 Å². The predicted molar refractivity (Wildman–Crippen MR) is 54.8 cm³/mol. The molecule has 0 saturated carbocycles. The smallest absolute Gasteiger partial charge is 0.126 e. The van der Waals surface area contributed by atoms with Crippen molar-refractivity contribution < 1.29 is 9.50 Å². The van der Waals surface area contributed by atoms with Gasteiger partial charge in [0.05, 0.1) is 0 Å². The zero-order valence-electron chi connectivity index (χ0n) is 8.76. The lowest BCUT2D eigenvalue weighted by atomic mass is 9.95. The molecule has 0 aliphatic rings. The third-order valence-electron chi connectivity index (χ3n) is 2.01. The van der Waals surface area contributed by atoms with Crippen molar-refractivity contribution in [3.8, 4) is 5.75 Å². The van der Waals surface area contributed by atoms with Gasteiger partial charge in [0.25, 0.3) is 0 Å². The molecular formula is C11H16FNO. The van der Waals surface area contributed by atoms with Gasteiger partial charge in [0.1, 0.15) is 11.6 Å². The first-order valence-electron chi connectivity index (χ1n) is 4.56. The molecule has 0 aliphatic heterocycles. The number of hydrogen-bond donors (Lipinski definition) is 2. The predicted octanol–water partition coefficient (Wildman–Crippen LogP) is 2.12. The van der Waals surface area contributed by atoms with Crippen molar-refractivity contribution in [1.82, 2.24) is 0 Å². The highest BCUT2D eigenvalue weighted by molar-refractivity contribution is 5.37. The molecule has 78 valence electrons. The SMILES string of the molecule is Cc1cc(F)c(CC(C)(C)N)cc1O. The zero-order valence-corrected chi connectivity index (χ0v) is 8.76. The summed E-state index contributed by atoms with van der Waals surface area (Å²) in [6.07, 6.45) is 0.409. The summed E-state index contributed by atoms with van der Waals surface area (Å²) in [7, 11) is 0. The molecule has 1 aromatic rings. The number of hydrogen-bond acceptors (Lipinski definition) is 2. The number of phenolic OH excluding ortho intramolecular Hbond substituents is 1. The quantitative estimate of drug-likeness (QED) is 0.762. The standard InChI is InChI=1S/C11H16FNO/c1-7-4-9(12)8(5-10(7)14)6-11(2,3)13/h4-5,14H,6,13H2,1-3H3. The minimum atomic E-state index is -0.470. The van der Waals surface area contributed by atoms with E-state index in [1.54, 1.807) is 6.92 Å². The molecule has 1 aromatic carbocycles. The van der Waals surface area contributed by atoms with Gasteiger partial charge in [0.2, 0.25) is 0 Å². The molecule has 0 bridgehead atoms. The fraction of sp³-hybridized carbons (Fsp3) is 0.455. The van der Waals surface area contributed by atoms with Crippen LogP contribution in [0.25, 0.3) is 0 Å². The highest BCUT2D eigenvalue weighted by Gasteiger charge is 2.15. The summed E-state index contributed by atoms with van der Waals surface area (Å²) in [5, 5.41) is 9.41. The Morgan fingerprint density at radius 3 is 2.50 bits per heavy atom. The molecule has 0 unspecified atom stereocenters. The van der Waals surface area contributed by atoms with Crippen molar-refractivity contribution in [3.05, 3.63) is 29.1 Å². The van der Waals surface area contributed by atoms with Crippen LogP contribution in [0.3, 0.4) is 0 Å². The van der Waals surface area contributed by atoms with Crippen LogP contribution in [-0.4, -0.2) is 10.6 Å². The molecule has 0 saturated heterocycles. The van der Waals surface area contributed by atoms with Crippen LogP contribution in [0.2, 0.25) is 0 Å². The van der Waals surface area contributed by atoms with Gasteiger partial charge in [-0.05, 0) is 50.5 Å². The van der Waals surface area contributed by atoms with Crippen LogP contribution in [0.1, 0.15) is 25.0 Å². The van der Waals surface area contributed by atoms with Crippen molar-refractivity contribution in [2.45, 2.75) is 32.7 Å². The average Bonchev–Trinajstić information content (AvgIpc) is 1.97. The van der Waals surface area contributed by atoms with E-state index < -0.39 is 5.54 Å². The Kier molecular flexibility index (Phi) is 2.81. The summed E-state index contributed by atoms with van der Waals surface area (Å²) in [4.78, 5) is 0. The third kappa shape index (κ3) is 2.70. The molecule has 0 fully saturated rings. The fourth-order valence-corrected chi connectivity index (χ4v) is 1.33. The maximum absolute atomic E-state index is 13.4. The highest BCUT2D eigenvalue weighted by Crippen LogP contribution is 2.23. The van der Waals surface area contributed by atoms with E-state index in [2.05, 4.69) is 0 Å². The molecule has 0 heterocycles. The Morgan fingerprint density at radius 2 is 2.00 bits per heavy atom. The number of benzene rings is 1. The number of aryl methyl sites for hydroxylation is 1. The fourth-order valence-electron chi connectivity index (χ4n) is 1.33. The lowest BCUT2D eigenvalue weighted by molar-refractivity contribution is 0.460. The molecule has 0 aliphatic carbocycles. The molecule has 0 atom stereocenters. The average molecular weight is 197 g/mol. The second kappa shape index (κ2) is 3.58. The van der Waals surface area contributed by atoms with Crippen LogP contribution in [0.5, 0.6) is 5.75 Å². The summed E-state index contributed by atoms with van der Waals surface area (Å²) in [6, 6.07) is 2.77. The lowest BCUT2D eigenvalue weighted by Crippen LogP contribution is -2.34. The number of phenols is 1. The van der Waals surface area contributed by atoms with Crippen molar-refractivity contribution in [2.75, 3.05) is 0 Å². The van der Waals surface area contributed by atoms with Crippen LogP contribution in [0, 0.1) is 12.7 Å². The van der Waals surface area contributed by atoms with Crippen molar-refractivity contribution >= 4 is 0 Å². The maximum atomic E-state index is 13.4. The first-order chi connectivity index (χ1) is 6.29. The third-order valence-corrected chi connectivity index (χ3v) is 2.01. The van der Waals surface area contributed by atoms with Gasteiger partial charge in [-0.3, -0.25) is 0 Å². The summed E-state index contributed by atoms with van der Waals surface area (Å²) in [5.41, 5.74) is 6.31. The molecule has 0 amide bonds. The summed E-state index contributed by atoms with van der Waals surface area (Å²) >= 11 is 0. The van der Waals surface area contributed by atoms with E-state index in [1.165, 1.54) is 12.1 Å². The second-order valence-corrected chi connectivity index (χ2v) is 4.40. The lowest BCUT2D eigenvalue weighted by Gasteiger charge is -2.19. The molecule has 2 nitrogen and oxygen atoms in total. The van der Waals surface area contributed by atoms with Crippen LogP contribution in [0.4, 0.5) is 4.39 Å². The largest absolute Gasteiger partial charge is 0.508 e. The van der Waals surface area contributed by atoms with Crippen LogP contribution in [-0.2, 0) is 6.42 Å². The van der Waals surface area contributed by atoms with E-state index >= 15 is 0 Å². The minimum absolute atomic E-state index is 0.116. The van der Waals surface area contributed by atoms with Crippen LogP contribution >= 0.6 is 0 Å². The number of halogens is 1. The van der Waals surface area contributed by atoms with Gasteiger partial charge in [-0.15, -0.1) is 0 Å². The van der Waals surface area contributed by atoms with E-state index in [1.807, 2.05) is 13.8 Å². The molecule has 1 rings (SSSR count). The Hall–Kier alpha value is -1.09. The summed E-state index contributed by atoms with van der Waals surface area (Å²) in [6.45, 7) is 5.31. The molecule has 0 radical (unpaired) electrons. The highest BCUT2D eigenvalue weighted by atomic mass is 19.1. The topological polar surface area (TPSA) is 46.2 Å². The van der Waals surface area contributed by atoms with E-state index in [9.17, 15) is 9.50 Å². The number of aromatic hydroxyl groups is 1. The van der Waals surface area contributed by atoms with E-state index in [-0.39, 0.29) is 11.6 Å². The van der Waals surface area contributed by atoms with Gasteiger partial charge in [-0.2, -0.15) is 0 Å². The van der Waals surface area contributed by atoms with E-state index in [0.29, 0.717) is 17.5 Å². The van der Waals surface area contributed by atoms with Crippen molar-refractivity contribution in [3.63, 3.8) is 0 Å². The molecule has 3 heteroatoms. The monoisotopic (exact) mass is 197 g/mol. The van der Waals surface area contributed by atoms with Crippen molar-refractivity contribution in [1.29, 1.82) is 0 Å². The molecule has 0 aromatic heterocycles. The van der Waals surface area contributed by atoms with Gasteiger partial charge < -0.3 is 10.8 Å². The molecule has 3 N–H and O–H groups in total. The van der Waals surface area contributed by atoms with Gasteiger partial charge in [0.15, 0.2) is 0 Å². The van der Waals surface area contributed by atoms with Gasteiger partial charge in [0, 0.05) is 5.54 Å². The summed E-state index contributed by atoms with van der Waals surface area (Å²) in [5.74, 6) is -0.190. The Balaban J connectivity index is 3.04. The Bertz CT molecular complexity index is 342. The zero-order chi connectivity index (χ0) is 10.9. The minimum Gasteiger partial charge on any atom is -0.508 e. The van der Waals surface area contributed by atoms with Gasteiger partial charge >= 0.3 is 0 Å². The molecule has 14 heavy (non-hydrogen) atoms.